The van der Waals surface area contributed by atoms with Crippen molar-refractivity contribution in [2.45, 2.75) is 6.04 Å². The van der Waals surface area contributed by atoms with Crippen LogP contribution < -0.4 is 14.8 Å². The predicted molar refractivity (Wildman–Crippen MR) is 69.2 cm³/mol. The van der Waals surface area contributed by atoms with Crippen LogP contribution in [0.4, 0.5) is 0 Å². The Balaban J connectivity index is 2.53. The SMILES string of the molecule is CNC(c1ccoc1)c1c(OC)cccc1OC. The summed E-state index contributed by atoms with van der Waals surface area (Å²) in [5.41, 5.74) is 1.99. The molecule has 0 saturated heterocycles. The third-order valence-corrected chi connectivity index (χ3v) is 2.92. The molecular weight excluding hydrogens is 230 g/mol. The molecule has 0 aliphatic heterocycles. The summed E-state index contributed by atoms with van der Waals surface area (Å²) in [4.78, 5) is 0. The van der Waals surface area contributed by atoms with Gasteiger partial charge >= 0.3 is 0 Å². The van der Waals surface area contributed by atoms with Gasteiger partial charge in [-0.25, -0.2) is 0 Å². The molecule has 4 heteroatoms. The fraction of sp³-hybridized carbons (Fsp3) is 0.286. The maximum atomic E-state index is 5.42. The Morgan fingerprint density at radius 1 is 1.11 bits per heavy atom. The van der Waals surface area contributed by atoms with Crippen molar-refractivity contribution in [3.8, 4) is 11.5 Å². The van der Waals surface area contributed by atoms with Gasteiger partial charge in [0.15, 0.2) is 0 Å². The molecule has 0 aliphatic rings. The van der Waals surface area contributed by atoms with Crippen molar-refractivity contribution in [3.05, 3.63) is 47.9 Å². The van der Waals surface area contributed by atoms with Crippen LogP contribution in [0, 0.1) is 0 Å². The van der Waals surface area contributed by atoms with Gasteiger partial charge in [0.05, 0.1) is 38.4 Å². The number of hydrogen-bond donors (Lipinski definition) is 1. The summed E-state index contributed by atoms with van der Waals surface area (Å²) < 4.78 is 16.0. The van der Waals surface area contributed by atoms with E-state index in [0.717, 1.165) is 22.6 Å². The molecule has 0 fully saturated rings. The Bertz CT molecular complexity index is 471. The molecule has 0 spiro atoms. The van der Waals surface area contributed by atoms with Crippen LogP contribution in [-0.4, -0.2) is 21.3 Å². The molecule has 0 amide bonds. The van der Waals surface area contributed by atoms with Crippen molar-refractivity contribution in [2.24, 2.45) is 0 Å². The van der Waals surface area contributed by atoms with Crippen molar-refractivity contribution in [2.75, 3.05) is 21.3 Å². The minimum Gasteiger partial charge on any atom is -0.496 e. The molecule has 0 aliphatic carbocycles. The van der Waals surface area contributed by atoms with Crippen molar-refractivity contribution in [1.29, 1.82) is 0 Å². The van der Waals surface area contributed by atoms with E-state index in [4.69, 9.17) is 13.9 Å². The molecule has 2 rings (SSSR count). The average Bonchev–Trinajstić information content (AvgIpc) is 2.93. The molecule has 1 atom stereocenters. The standard InChI is InChI=1S/C14H17NO3/c1-15-14(10-7-8-18-9-10)13-11(16-2)5-4-6-12(13)17-3/h4-9,14-15H,1-3H3. The van der Waals surface area contributed by atoms with Gasteiger partial charge < -0.3 is 19.2 Å². The number of benzene rings is 1. The Hall–Kier alpha value is -1.94. The first-order valence-electron chi connectivity index (χ1n) is 5.72. The molecule has 1 heterocycles. The van der Waals surface area contributed by atoms with E-state index in [1.165, 1.54) is 0 Å². The first-order chi connectivity index (χ1) is 8.81. The molecule has 0 bridgehead atoms. The quantitative estimate of drug-likeness (QED) is 0.882. The molecule has 1 N–H and O–H groups in total. The zero-order chi connectivity index (χ0) is 13.0. The van der Waals surface area contributed by atoms with E-state index in [2.05, 4.69) is 5.32 Å². The van der Waals surface area contributed by atoms with E-state index >= 15 is 0 Å². The number of methoxy groups -OCH3 is 2. The maximum absolute atomic E-state index is 5.42. The second-order valence-corrected chi connectivity index (χ2v) is 3.85. The third kappa shape index (κ3) is 2.19. The maximum Gasteiger partial charge on any atom is 0.127 e. The molecule has 1 unspecified atom stereocenters. The second kappa shape index (κ2) is 5.60. The van der Waals surface area contributed by atoms with Crippen LogP contribution in [-0.2, 0) is 0 Å². The van der Waals surface area contributed by atoms with Crippen molar-refractivity contribution >= 4 is 0 Å². The van der Waals surface area contributed by atoms with Crippen LogP contribution in [0.1, 0.15) is 17.2 Å². The zero-order valence-corrected chi connectivity index (χ0v) is 10.8. The van der Waals surface area contributed by atoms with Gasteiger partial charge in [-0.3, -0.25) is 0 Å². The average molecular weight is 247 g/mol. The normalized spacial score (nSPS) is 12.2. The highest BCUT2D eigenvalue weighted by atomic mass is 16.5. The summed E-state index contributed by atoms with van der Waals surface area (Å²) in [5.74, 6) is 1.57. The molecule has 4 nitrogen and oxygen atoms in total. The molecular formula is C14H17NO3. The summed E-state index contributed by atoms with van der Waals surface area (Å²) in [6.45, 7) is 0. The van der Waals surface area contributed by atoms with E-state index in [1.807, 2.05) is 31.3 Å². The highest BCUT2D eigenvalue weighted by molar-refractivity contribution is 5.50. The second-order valence-electron chi connectivity index (χ2n) is 3.85. The number of rotatable bonds is 5. The highest BCUT2D eigenvalue weighted by Gasteiger charge is 2.21. The molecule has 96 valence electrons. The van der Waals surface area contributed by atoms with Crippen molar-refractivity contribution in [3.63, 3.8) is 0 Å². The molecule has 1 aromatic heterocycles. The van der Waals surface area contributed by atoms with Gasteiger partial charge in [-0.15, -0.1) is 0 Å². The van der Waals surface area contributed by atoms with E-state index in [1.54, 1.807) is 26.7 Å². The molecule has 1 aromatic carbocycles. The lowest BCUT2D eigenvalue weighted by Gasteiger charge is -2.20. The van der Waals surface area contributed by atoms with Gasteiger partial charge in [-0.2, -0.15) is 0 Å². The fourth-order valence-electron chi connectivity index (χ4n) is 2.08. The van der Waals surface area contributed by atoms with E-state index < -0.39 is 0 Å². The third-order valence-electron chi connectivity index (χ3n) is 2.92. The lowest BCUT2D eigenvalue weighted by Crippen LogP contribution is -2.18. The Morgan fingerprint density at radius 3 is 2.22 bits per heavy atom. The molecule has 18 heavy (non-hydrogen) atoms. The van der Waals surface area contributed by atoms with Gasteiger partial charge in [0.1, 0.15) is 11.5 Å². The first kappa shape index (κ1) is 12.5. The molecule has 0 radical (unpaired) electrons. The van der Waals surface area contributed by atoms with E-state index in [0.29, 0.717) is 0 Å². The first-order valence-corrected chi connectivity index (χ1v) is 5.72. The van der Waals surface area contributed by atoms with Gasteiger partial charge in [0, 0.05) is 5.56 Å². The smallest absolute Gasteiger partial charge is 0.127 e. The summed E-state index contributed by atoms with van der Waals surface area (Å²) in [6.07, 6.45) is 3.37. The molecule has 0 saturated carbocycles. The van der Waals surface area contributed by atoms with Crippen molar-refractivity contribution < 1.29 is 13.9 Å². The van der Waals surface area contributed by atoms with Gasteiger partial charge in [-0.1, -0.05) is 6.07 Å². The van der Waals surface area contributed by atoms with Gasteiger partial charge in [0.2, 0.25) is 0 Å². The topological polar surface area (TPSA) is 43.6 Å². The Morgan fingerprint density at radius 2 is 1.78 bits per heavy atom. The van der Waals surface area contributed by atoms with Crippen molar-refractivity contribution in [1.82, 2.24) is 5.32 Å². The number of hydrogen-bond acceptors (Lipinski definition) is 4. The minimum absolute atomic E-state index is 0.0325. The van der Waals surface area contributed by atoms with Crippen LogP contribution in [0.2, 0.25) is 0 Å². The highest BCUT2D eigenvalue weighted by Crippen LogP contribution is 2.37. The zero-order valence-electron chi connectivity index (χ0n) is 10.8. The fourth-order valence-corrected chi connectivity index (χ4v) is 2.08. The van der Waals surface area contributed by atoms with E-state index in [9.17, 15) is 0 Å². The summed E-state index contributed by atoms with van der Waals surface area (Å²) in [7, 11) is 5.20. The monoisotopic (exact) mass is 247 g/mol. The molecule has 2 aromatic rings. The van der Waals surface area contributed by atoms with Crippen LogP contribution in [0.15, 0.2) is 41.2 Å². The summed E-state index contributed by atoms with van der Waals surface area (Å²) in [5, 5.41) is 3.25. The van der Waals surface area contributed by atoms with Gasteiger partial charge in [-0.05, 0) is 25.2 Å². The van der Waals surface area contributed by atoms with Gasteiger partial charge in [0.25, 0.3) is 0 Å². The number of furan rings is 1. The van der Waals surface area contributed by atoms with Crippen LogP contribution >= 0.6 is 0 Å². The van der Waals surface area contributed by atoms with Crippen LogP contribution in [0.3, 0.4) is 0 Å². The number of nitrogens with one attached hydrogen (secondary N) is 1. The van der Waals surface area contributed by atoms with Crippen LogP contribution in [0.5, 0.6) is 11.5 Å². The lowest BCUT2D eigenvalue weighted by molar-refractivity contribution is 0.378. The lowest BCUT2D eigenvalue weighted by atomic mass is 9.99. The number of ether oxygens (including phenoxy) is 2. The Kier molecular flexibility index (Phi) is 3.89. The minimum atomic E-state index is -0.0325. The Labute approximate surface area is 107 Å². The largest absolute Gasteiger partial charge is 0.496 e. The summed E-state index contributed by atoms with van der Waals surface area (Å²) >= 11 is 0. The van der Waals surface area contributed by atoms with Crippen LogP contribution in [0.25, 0.3) is 0 Å². The summed E-state index contributed by atoms with van der Waals surface area (Å²) in [6, 6.07) is 7.63. The predicted octanol–water partition coefficient (Wildman–Crippen LogP) is 2.61. The van der Waals surface area contributed by atoms with E-state index in [-0.39, 0.29) is 6.04 Å².